The van der Waals surface area contributed by atoms with Crippen LogP contribution in [0.15, 0.2) is 29.3 Å². The second kappa shape index (κ2) is 6.13. The molecule has 0 bridgehead atoms. The van der Waals surface area contributed by atoms with E-state index in [2.05, 4.69) is 5.10 Å². The molecule has 0 aliphatic carbocycles. The molecule has 2 rings (SSSR count). The summed E-state index contributed by atoms with van der Waals surface area (Å²) in [5.74, 6) is -1.16. The van der Waals surface area contributed by atoms with Crippen molar-refractivity contribution >= 4 is 16.0 Å². The number of nitrogens with zero attached hydrogens (tertiary/aromatic N) is 3. The lowest BCUT2D eigenvalue weighted by atomic mass is 10.1. The highest BCUT2D eigenvalue weighted by Gasteiger charge is 2.25. The summed E-state index contributed by atoms with van der Waals surface area (Å²) in [7, 11) is -0.614. The minimum Gasteiger partial charge on any atom is -0.478 e. The highest BCUT2D eigenvalue weighted by Crippen LogP contribution is 2.24. The Bertz CT molecular complexity index is 856. The molecule has 1 heterocycles. The predicted molar refractivity (Wildman–Crippen MR) is 84.7 cm³/mol. The van der Waals surface area contributed by atoms with E-state index in [1.54, 1.807) is 37.8 Å². The van der Waals surface area contributed by atoms with Gasteiger partial charge in [0.2, 0.25) is 10.0 Å². The fourth-order valence-electron chi connectivity index (χ4n) is 2.25. The number of hydrogen-bond acceptors (Lipinski definition) is 4. The van der Waals surface area contributed by atoms with Gasteiger partial charge in [0.1, 0.15) is 0 Å². The summed E-state index contributed by atoms with van der Waals surface area (Å²) in [6.07, 6.45) is 1.73. The third-order valence-corrected chi connectivity index (χ3v) is 5.64. The van der Waals surface area contributed by atoms with E-state index >= 15 is 0 Å². The second-order valence-corrected chi connectivity index (χ2v) is 7.48. The van der Waals surface area contributed by atoms with E-state index in [0.29, 0.717) is 16.8 Å². The van der Waals surface area contributed by atoms with Crippen LogP contribution in [0.3, 0.4) is 0 Å². The third kappa shape index (κ3) is 3.43. The maximum atomic E-state index is 12.8. The first-order valence-electron chi connectivity index (χ1n) is 6.92. The molecule has 23 heavy (non-hydrogen) atoms. The van der Waals surface area contributed by atoms with Crippen molar-refractivity contribution in [3.63, 3.8) is 0 Å². The fourth-order valence-corrected chi connectivity index (χ4v) is 3.71. The number of aromatic nitrogens is 2. The molecule has 124 valence electrons. The number of benzene rings is 1. The van der Waals surface area contributed by atoms with Gasteiger partial charge in [-0.25, -0.2) is 13.2 Å². The maximum absolute atomic E-state index is 12.8. The molecular weight excluding hydrogens is 318 g/mol. The van der Waals surface area contributed by atoms with E-state index in [4.69, 9.17) is 5.11 Å². The fraction of sp³-hybridized carbons (Fsp3) is 0.333. The Morgan fingerprint density at radius 1 is 1.35 bits per heavy atom. The minimum atomic E-state index is -3.82. The Balaban J connectivity index is 2.44. The molecule has 2 aromatic rings. The highest BCUT2D eigenvalue weighted by atomic mass is 32.2. The number of aromatic carboxylic acids is 1. The van der Waals surface area contributed by atoms with Gasteiger partial charge in [-0.3, -0.25) is 4.68 Å². The van der Waals surface area contributed by atoms with Crippen LogP contribution in [0.2, 0.25) is 0 Å². The van der Waals surface area contributed by atoms with Gasteiger partial charge in [0.05, 0.1) is 22.7 Å². The second-order valence-electron chi connectivity index (χ2n) is 5.46. The number of carboxylic acid groups (broad SMARTS) is 1. The van der Waals surface area contributed by atoms with E-state index in [1.807, 2.05) is 0 Å². The number of rotatable bonds is 5. The molecule has 0 spiro atoms. The molecule has 0 atom stereocenters. The SMILES string of the molecule is Cc1cc(C(=O)O)cc(S(=O)(=O)N(C)Cc2ccn(C)n2)c1C. The molecular formula is C15H19N3O4S. The quantitative estimate of drug-likeness (QED) is 0.894. The van der Waals surface area contributed by atoms with Crippen LogP contribution < -0.4 is 0 Å². The van der Waals surface area contributed by atoms with Gasteiger partial charge >= 0.3 is 5.97 Å². The number of hydrogen-bond donors (Lipinski definition) is 1. The average molecular weight is 337 g/mol. The number of sulfonamides is 1. The van der Waals surface area contributed by atoms with Gasteiger partial charge in [-0.2, -0.15) is 9.40 Å². The van der Waals surface area contributed by atoms with Crippen LogP contribution in [0.5, 0.6) is 0 Å². The van der Waals surface area contributed by atoms with Crippen molar-refractivity contribution in [2.24, 2.45) is 7.05 Å². The van der Waals surface area contributed by atoms with E-state index in [9.17, 15) is 13.2 Å². The molecule has 7 nitrogen and oxygen atoms in total. The molecule has 0 aliphatic heterocycles. The van der Waals surface area contributed by atoms with E-state index in [-0.39, 0.29) is 17.0 Å². The van der Waals surface area contributed by atoms with Crippen molar-refractivity contribution in [3.8, 4) is 0 Å². The van der Waals surface area contributed by atoms with Gasteiger partial charge in [-0.1, -0.05) is 0 Å². The summed E-state index contributed by atoms with van der Waals surface area (Å²) in [6, 6.07) is 4.40. The van der Waals surface area contributed by atoms with Gasteiger partial charge < -0.3 is 5.11 Å². The average Bonchev–Trinajstić information content (AvgIpc) is 2.86. The molecule has 1 N–H and O–H groups in total. The Morgan fingerprint density at radius 2 is 2.00 bits per heavy atom. The third-order valence-electron chi connectivity index (χ3n) is 3.71. The number of carbonyl (C=O) groups is 1. The number of aryl methyl sites for hydroxylation is 2. The van der Waals surface area contributed by atoms with Crippen molar-refractivity contribution in [1.82, 2.24) is 14.1 Å². The smallest absolute Gasteiger partial charge is 0.335 e. The lowest BCUT2D eigenvalue weighted by Crippen LogP contribution is -2.28. The summed E-state index contributed by atoms with van der Waals surface area (Å²) < 4.78 is 28.3. The summed E-state index contributed by atoms with van der Waals surface area (Å²) in [5, 5.41) is 13.3. The van der Waals surface area contributed by atoms with Crippen molar-refractivity contribution < 1.29 is 18.3 Å². The van der Waals surface area contributed by atoms with E-state index < -0.39 is 16.0 Å². The van der Waals surface area contributed by atoms with Crippen molar-refractivity contribution in [1.29, 1.82) is 0 Å². The van der Waals surface area contributed by atoms with Crippen LogP contribution in [-0.2, 0) is 23.6 Å². The largest absolute Gasteiger partial charge is 0.478 e. The predicted octanol–water partition coefficient (Wildman–Crippen LogP) is 1.56. The zero-order chi connectivity index (χ0) is 17.4. The molecule has 8 heteroatoms. The Kier molecular flexibility index (Phi) is 4.58. The standard InChI is InChI=1S/C15H19N3O4S/c1-10-7-12(15(19)20)8-14(11(10)2)23(21,22)18(4)9-13-5-6-17(3)16-13/h5-8H,9H2,1-4H3,(H,19,20). The van der Waals surface area contributed by atoms with Crippen LogP contribution >= 0.6 is 0 Å². The van der Waals surface area contributed by atoms with Crippen LogP contribution in [0.25, 0.3) is 0 Å². The van der Waals surface area contributed by atoms with Gasteiger partial charge in [-0.05, 0) is 43.2 Å². The first kappa shape index (κ1) is 17.2. The summed E-state index contributed by atoms with van der Waals surface area (Å²) >= 11 is 0. The van der Waals surface area contributed by atoms with E-state index in [0.717, 1.165) is 0 Å². The lowest BCUT2D eigenvalue weighted by Gasteiger charge is -2.19. The Hall–Kier alpha value is -2.19. The monoisotopic (exact) mass is 337 g/mol. The summed E-state index contributed by atoms with van der Waals surface area (Å²) in [4.78, 5) is 11.2. The Morgan fingerprint density at radius 3 is 2.52 bits per heavy atom. The topological polar surface area (TPSA) is 92.5 Å². The van der Waals surface area contributed by atoms with Crippen LogP contribution in [-0.4, -0.2) is 40.6 Å². The van der Waals surface area contributed by atoms with Gasteiger partial charge in [0.15, 0.2) is 0 Å². The van der Waals surface area contributed by atoms with Gasteiger partial charge in [0.25, 0.3) is 0 Å². The van der Waals surface area contributed by atoms with Crippen molar-refractivity contribution in [2.75, 3.05) is 7.05 Å². The molecule has 0 radical (unpaired) electrons. The molecule has 0 unspecified atom stereocenters. The highest BCUT2D eigenvalue weighted by molar-refractivity contribution is 7.89. The molecule has 1 aromatic carbocycles. The first-order valence-corrected chi connectivity index (χ1v) is 8.36. The zero-order valence-corrected chi connectivity index (χ0v) is 14.3. The summed E-state index contributed by atoms with van der Waals surface area (Å²) in [5.41, 5.74) is 1.73. The molecule has 0 saturated carbocycles. The van der Waals surface area contributed by atoms with E-state index in [1.165, 1.54) is 23.5 Å². The minimum absolute atomic E-state index is 0.00771. The molecule has 1 aromatic heterocycles. The van der Waals surface area contributed by atoms with Crippen LogP contribution in [0.1, 0.15) is 27.2 Å². The van der Waals surface area contributed by atoms with Crippen molar-refractivity contribution in [2.45, 2.75) is 25.3 Å². The molecule has 0 aliphatic rings. The molecule has 0 saturated heterocycles. The maximum Gasteiger partial charge on any atom is 0.335 e. The van der Waals surface area contributed by atoms with Crippen molar-refractivity contribution in [3.05, 3.63) is 46.8 Å². The van der Waals surface area contributed by atoms with Gasteiger partial charge in [0, 0.05) is 20.3 Å². The zero-order valence-electron chi connectivity index (χ0n) is 13.4. The molecule has 0 fully saturated rings. The summed E-state index contributed by atoms with van der Waals surface area (Å²) in [6.45, 7) is 3.47. The van der Waals surface area contributed by atoms with Crippen LogP contribution in [0, 0.1) is 13.8 Å². The normalized spacial score (nSPS) is 11.9. The first-order chi connectivity index (χ1) is 10.6. The Labute approximate surface area is 135 Å². The number of carboxylic acids is 1. The lowest BCUT2D eigenvalue weighted by molar-refractivity contribution is 0.0696. The molecule has 0 amide bonds. The van der Waals surface area contributed by atoms with Gasteiger partial charge in [-0.15, -0.1) is 0 Å². The van der Waals surface area contributed by atoms with Crippen LogP contribution in [0.4, 0.5) is 0 Å².